The number of aryl methyl sites for hydroxylation is 1. The molecule has 0 radical (unpaired) electrons. The quantitative estimate of drug-likeness (QED) is 0.874. The molecule has 0 atom stereocenters. The van der Waals surface area contributed by atoms with Crippen LogP contribution in [0.3, 0.4) is 0 Å². The van der Waals surface area contributed by atoms with Gasteiger partial charge in [0.2, 0.25) is 5.91 Å². The lowest BCUT2D eigenvalue weighted by molar-refractivity contribution is -0.120. The Kier molecular flexibility index (Phi) is 4.96. The monoisotopic (exact) mass is 341 g/mol. The number of thiazole rings is 1. The van der Waals surface area contributed by atoms with Crippen LogP contribution in [-0.2, 0) is 4.79 Å². The van der Waals surface area contributed by atoms with Crippen molar-refractivity contribution < 1.29 is 18.3 Å². The first-order valence-electron chi connectivity index (χ1n) is 6.80. The number of benzene rings is 1. The number of hydrogen-bond acceptors (Lipinski definition) is 5. The van der Waals surface area contributed by atoms with Crippen molar-refractivity contribution in [3.05, 3.63) is 29.1 Å². The lowest BCUT2D eigenvalue weighted by Gasteiger charge is -2.16. The van der Waals surface area contributed by atoms with Gasteiger partial charge in [-0.2, -0.15) is 8.78 Å². The lowest BCUT2D eigenvalue weighted by atomic mass is 10.1. The number of anilines is 1. The number of halogens is 2. The Hall–Kier alpha value is -2.06. The Balaban J connectivity index is 2.19. The number of rotatable bonds is 5. The van der Waals surface area contributed by atoms with Gasteiger partial charge in [0, 0.05) is 10.4 Å². The number of alkyl halides is 2. The third-order valence-corrected chi connectivity index (χ3v) is 3.84. The Morgan fingerprint density at radius 3 is 2.48 bits per heavy atom. The van der Waals surface area contributed by atoms with Crippen LogP contribution in [-0.4, -0.2) is 23.0 Å². The minimum absolute atomic E-state index is 0.0787. The van der Waals surface area contributed by atoms with Crippen molar-refractivity contribution in [3.8, 4) is 17.0 Å². The van der Waals surface area contributed by atoms with Crippen LogP contribution >= 0.6 is 11.3 Å². The normalized spacial score (nSPS) is 11.6. The summed E-state index contributed by atoms with van der Waals surface area (Å²) in [5.41, 5.74) is 6.14. The molecule has 124 valence electrons. The third-order valence-electron chi connectivity index (χ3n) is 2.96. The molecule has 0 fully saturated rings. The molecule has 0 saturated heterocycles. The summed E-state index contributed by atoms with van der Waals surface area (Å²) in [6.45, 7) is 2.21. The van der Waals surface area contributed by atoms with Crippen molar-refractivity contribution in [2.45, 2.75) is 32.9 Å². The van der Waals surface area contributed by atoms with E-state index in [9.17, 15) is 13.6 Å². The van der Waals surface area contributed by atoms with E-state index in [1.54, 1.807) is 26.0 Å². The first-order valence-corrected chi connectivity index (χ1v) is 7.61. The fourth-order valence-electron chi connectivity index (χ4n) is 1.77. The van der Waals surface area contributed by atoms with Crippen LogP contribution in [0.15, 0.2) is 24.3 Å². The van der Waals surface area contributed by atoms with E-state index in [1.807, 2.05) is 6.92 Å². The summed E-state index contributed by atoms with van der Waals surface area (Å²) in [4.78, 5) is 17.1. The number of amides is 1. The first kappa shape index (κ1) is 17.3. The molecule has 0 spiro atoms. The molecule has 0 aliphatic carbocycles. The van der Waals surface area contributed by atoms with Crippen LogP contribution in [0, 0.1) is 6.92 Å². The minimum Gasteiger partial charge on any atom is -0.435 e. The molecule has 5 nitrogen and oxygen atoms in total. The Morgan fingerprint density at radius 2 is 1.96 bits per heavy atom. The molecule has 1 aromatic heterocycles. The highest BCUT2D eigenvalue weighted by Gasteiger charge is 2.23. The summed E-state index contributed by atoms with van der Waals surface area (Å²) in [6, 6.07) is 6.17. The standard InChI is InChI=1S/C15H17F2N3O2S/c1-8-11(9-4-6-10(7-5-9)22-13(16)17)19-14(23-8)20-12(21)15(2,3)18/h4-7,13H,18H2,1-3H3,(H,19,20,21). The topological polar surface area (TPSA) is 77.2 Å². The van der Waals surface area contributed by atoms with E-state index < -0.39 is 12.2 Å². The number of ether oxygens (including phenoxy) is 1. The lowest BCUT2D eigenvalue weighted by Crippen LogP contribution is -2.45. The number of nitrogens with one attached hydrogen (secondary N) is 1. The molecule has 0 saturated carbocycles. The van der Waals surface area contributed by atoms with E-state index in [4.69, 9.17) is 5.73 Å². The fraction of sp³-hybridized carbons (Fsp3) is 0.333. The summed E-state index contributed by atoms with van der Waals surface area (Å²) in [5, 5.41) is 3.11. The van der Waals surface area contributed by atoms with E-state index in [0.717, 1.165) is 10.4 Å². The number of nitrogens with two attached hydrogens (primary N) is 1. The third kappa shape index (κ3) is 4.46. The van der Waals surface area contributed by atoms with Gasteiger partial charge in [-0.25, -0.2) is 4.98 Å². The number of carbonyl (C=O) groups excluding carboxylic acids is 1. The summed E-state index contributed by atoms with van der Waals surface area (Å²) in [7, 11) is 0. The highest BCUT2D eigenvalue weighted by Crippen LogP contribution is 2.31. The van der Waals surface area contributed by atoms with Crippen molar-refractivity contribution in [1.82, 2.24) is 4.98 Å². The van der Waals surface area contributed by atoms with Gasteiger partial charge < -0.3 is 15.8 Å². The second-order valence-electron chi connectivity index (χ2n) is 5.50. The summed E-state index contributed by atoms with van der Waals surface area (Å²) >= 11 is 1.32. The van der Waals surface area contributed by atoms with Crippen LogP contribution < -0.4 is 15.8 Å². The van der Waals surface area contributed by atoms with Gasteiger partial charge in [-0.15, -0.1) is 11.3 Å². The molecule has 1 amide bonds. The van der Waals surface area contributed by atoms with Gasteiger partial charge in [0.1, 0.15) is 5.75 Å². The van der Waals surface area contributed by atoms with E-state index in [1.165, 1.54) is 23.5 Å². The van der Waals surface area contributed by atoms with Crippen molar-refractivity contribution in [1.29, 1.82) is 0 Å². The molecule has 0 aliphatic heterocycles. The van der Waals surface area contributed by atoms with Crippen LogP contribution in [0.5, 0.6) is 5.75 Å². The van der Waals surface area contributed by atoms with E-state index in [2.05, 4.69) is 15.0 Å². The maximum absolute atomic E-state index is 12.1. The van der Waals surface area contributed by atoms with Crippen LogP contribution in [0.25, 0.3) is 11.3 Å². The average Bonchev–Trinajstić information content (AvgIpc) is 2.78. The Bertz CT molecular complexity index is 694. The predicted octanol–water partition coefficient (Wildman–Crippen LogP) is 3.40. The van der Waals surface area contributed by atoms with E-state index >= 15 is 0 Å². The van der Waals surface area contributed by atoms with Gasteiger partial charge >= 0.3 is 6.61 Å². The molecule has 0 bridgehead atoms. The first-order chi connectivity index (χ1) is 10.7. The molecule has 23 heavy (non-hydrogen) atoms. The largest absolute Gasteiger partial charge is 0.435 e. The van der Waals surface area contributed by atoms with Gasteiger partial charge in [-0.3, -0.25) is 4.79 Å². The number of nitrogens with zero attached hydrogens (tertiary/aromatic N) is 1. The number of carbonyl (C=O) groups is 1. The zero-order chi connectivity index (χ0) is 17.2. The molecule has 8 heteroatoms. The van der Waals surface area contributed by atoms with E-state index in [-0.39, 0.29) is 11.7 Å². The average molecular weight is 341 g/mol. The van der Waals surface area contributed by atoms with Crippen molar-refractivity contribution in [3.63, 3.8) is 0 Å². The Labute approximate surface area is 136 Å². The molecule has 3 N–H and O–H groups in total. The Morgan fingerprint density at radius 1 is 1.35 bits per heavy atom. The molecule has 1 aromatic carbocycles. The summed E-state index contributed by atoms with van der Waals surface area (Å²) < 4.78 is 28.6. The smallest absolute Gasteiger partial charge is 0.387 e. The number of aromatic nitrogens is 1. The molecular formula is C15H17F2N3O2S. The van der Waals surface area contributed by atoms with Crippen molar-refractivity contribution in [2.75, 3.05) is 5.32 Å². The van der Waals surface area contributed by atoms with E-state index in [0.29, 0.717) is 10.8 Å². The van der Waals surface area contributed by atoms with Gasteiger partial charge in [0.25, 0.3) is 0 Å². The van der Waals surface area contributed by atoms with Gasteiger partial charge in [-0.05, 0) is 45.0 Å². The molecule has 2 rings (SSSR count). The minimum atomic E-state index is -2.86. The molecular weight excluding hydrogens is 324 g/mol. The SMILES string of the molecule is Cc1sc(NC(=O)C(C)(C)N)nc1-c1ccc(OC(F)F)cc1. The maximum Gasteiger partial charge on any atom is 0.387 e. The second kappa shape index (κ2) is 6.59. The maximum atomic E-state index is 12.1. The van der Waals surface area contributed by atoms with Crippen LogP contribution in [0.1, 0.15) is 18.7 Å². The molecule has 0 aliphatic rings. The molecule has 1 heterocycles. The summed E-state index contributed by atoms with van der Waals surface area (Å²) in [6.07, 6.45) is 0. The highest BCUT2D eigenvalue weighted by molar-refractivity contribution is 7.16. The molecule has 0 unspecified atom stereocenters. The van der Waals surface area contributed by atoms with Gasteiger partial charge in [-0.1, -0.05) is 0 Å². The fourth-order valence-corrected chi connectivity index (χ4v) is 2.60. The molecule has 2 aromatic rings. The second-order valence-corrected chi connectivity index (χ2v) is 6.71. The van der Waals surface area contributed by atoms with Crippen LogP contribution in [0.2, 0.25) is 0 Å². The number of hydrogen-bond donors (Lipinski definition) is 2. The zero-order valence-electron chi connectivity index (χ0n) is 12.9. The predicted molar refractivity (Wildman–Crippen MR) is 85.8 cm³/mol. The summed E-state index contributed by atoms with van der Waals surface area (Å²) in [5.74, 6) is -0.256. The van der Waals surface area contributed by atoms with Gasteiger partial charge in [0.15, 0.2) is 5.13 Å². The van der Waals surface area contributed by atoms with Crippen molar-refractivity contribution >= 4 is 22.4 Å². The van der Waals surface area contributed by atoms with Gasteiger partial charge in [0.05, 0.1) is 11.2 Å². The zero-order valence-corrected chi connectivity index (χ0v) is 13.7. The van der Waals surface area contributed by atoms with Crippen molar-refractivity contribution in [2.24, 2.45) is 5.73 Å². The van der Waals surface area contributed by atoms with Crippen LogP contribution in [0.4, 0.5) is 13.9 Å². The highest BCUT2D eigenvalue weighted by atomic mass is 32.1.